The third kappa shape index (κ3) is 2.63. The lowest BCUT2D eigenvalue weighted by atomic mass is 10.1. The Balaban J connectivity index is 2.99. The fourth-order valence-corrected chi connectivity index (χ4v) is 1.07. The van der Waals surface area contributed by atoms with Gasteiger partial charge in [0.15, 0.2) is 17.7 Å². The van der Waals surface area contributed by atoms with E-state index in [1.165, 1.54) is 0 Å². The second-order valence-electron chi connectivity index (χ2n) is 2.95. The SMILES string of the molecule is O=C(O)C(O)Cc1cc(F)cc(F)c1O. The number of rotatable bonds is 3. The Bertz CT molecular complexity index is 392. The minimum absolute atomic E-state index is 0.289. The maximum atomic E-state index is 12.8. The van der Waals surface area contributed by atoms with Gasteiger partial charge in [-0.25, -0.2) is 13.6 Å². The molecular weight excluding hydrogens is 210 g/mol. The molecule has 0 aliphatic heterocycles. The van der Waals surface area contributed by atoms with Crippen LogP contribution >= 0.6 is 0 Å². The number of aromatic hydroxyl groups is 1. The molecule has 0 aliphatic carbocycles. The van der Waals surface area contributed by atoms with Crippen molar-refractivity contribution in [1.29, 1.82) is 0 Å². The van der Waals surface area contributed by atoms with E-state index in [2.05, 4.69) is 0 Å². The highest BCUT2D eigenvalue weighted by molar-refractivity contribution is 5.72. The molecule has 1 unspecified atom stereocenters. The van der Waals surface area contributed by atoms with Crippen molar-refractivity contribution in [2.75, 3.05) is 0 Å². The summed E-state index contributed by atoms with van der Waals surface area (Å²) in [5, 5.41) is 26.4. The van der Waals surface area contributed by atoms with Gasteiger partial charge in [0, 0.05) is 18.1 Å². The Morgan fingerprint density at radius 1 is 1.40 bits per heavy atom. The van der Waals surface area contributed by atoms with Crippen molar-refractivity contribution in [3.63, 3.8) is 0 Å². The number of hydrogen-bond acceptors (Lipinski definition) is 3. The highest BCUT2D eigenvalue weighted by Crippen LogP contribution is 2.23. The van der Waals surface area contributed by atoms with Gasteiger partial charge in [-0.05, 0) is 6.07 Å². The van der Waals surface area contributed by atoms with Crippen molar-refractivity contribution < 1.29 is 28.9 Å². The van der Waals surface area contributed by atoms with E-state index in [0.29, 0.717) is 6.07 Å². The average molecular weight is 218 g/mol. The lowest BCUT2D eigenvalue weighted by Crippen LogP contribution is -2.22. The van der Waals surface area contributed by atoms with Crippen molar-refractivity contribution in [3.8, 4) is 5.75 Å². The molecule has 3 N–H and O–H groups in total. The van der Waals surface area contributed by atoms with Gasteiger partial charge in [0.25, 0.3) is 0 Å². The second-order valence-corrected chi connectivity index (χ2v) is 2.95. The van der Waals surface area contributed by atoms with E-state index in [1.54, 1.807) is 0 Å². The van der Waals surface area contributed by atoms with Gasteiger partial charge in [0.2, 0.25) is 0 Å². The number of benzene rings is 1. The Kier molecular flexibility index (Phi) is 3.21. The van der Waals surface area contributed by atoms with E-state index in [4.69, 9.17) is 15.3 Å². The topological polar surface area (TPSA) is 77.8 Å². The van der Waals surface area contributed by atoms with Crippen molar-refractivity contribution in [2.45, 2.75) is 12.5 Å². The highest BCUT2D eigenvalue weighted by atomic mass is 19.1. The number of phenols is 1. The number of halogens is 2. The maximum Gasteiger partial charge on any atom is 0.332 e. The van der Waals surface area contributed by atoms with E-state index >= 15 is 0 Å². The molecule has 0 aliphatic rings. The van der Waals surface area contributed by atoms with Crippen LogP contribution in [0.1, 0.15) is 5.56 Å². The average Bonchev–Trinajstić information content (AvgIpc) is 2.13. The number of carboxylic acid groups (broad SMARTS) is 1. The van der Waals surface area contributed by atoms with Crippen molar-refractivity contribution in [1.82, 2.24) is 0 Å². The van der Waals surface area contributed by atoms with E-state index in [1.807, 2.05) is 0 Å². The number of hydrogen-bond donors (Lipinski definition) is 3. The summed E-state index contributed by atoms with van der Waals surface area (Å²) in [5.41, 5.74) is -0.289. The molecule has 82 valence electrons. The van der Waals surface area contributed by atoms with Crippen LogP contribution in [0.3, 0.4) is 0 Å². The number of aliphatic hydroxyl groups is 1. The first-order valence-electron chi connectivity index (χ1n) is 3.99. The molecule has 0 radical (unpaired) electrons. The molecule has 0 saturated heterocycles. The number of phenolic OH excluding ortho intramolecular Hbond substituents is 1. The van der Waals surface area contributed by atoms with Gasteiger partial charge < -0.3 is 15.3 Å². The molecule has 0 bridgehead atoms. The Morgan fingerprint density at radius 3 is 2.53 bits per heavy atom. The zero-order chi connectivity index (χ0) is 11.6. The van der Waals surface area contributed by atoms with Crippen LogP contribution in [0.25, 0.3) is 0 Å². The van der Waals surface area contributed by atoms with Crippen molar-refractivity contribution in [2.24, 2.45) is 0 Å². The van der Waals surface area contributed by atoms with E-state index in [-0.39, 0.29) is 5.56 Å². The fraction of sp³-hybridized carbons (Fsp3) is 0.222. The molecule has 0 aromatic heterocycles. The zero-order valence-electron chi connectivity index (χ0n) is 7.44. The van der Waals surface area contributed by atoms with Gasteiger partial charge in [0.05, 0.1) is 0 Å². The van der Waals surface area contributed by atoms with Crippen LogP contribution in [-0.2, 0) is 11.2 Å². The molecule has 0 amide bonds. The van der Waals surface area contributed by atoms with Crippen LogP contribution in [0.15, 0.2) is 12.1 Å². The predicted molar refractivity (Wildman–Crippen MR) is 45.4 cm³/mol. The maximum absolute atomic E-state index is 12.8. The smallest absolute Gasteiger partial charge is 0.332 e. The van der Waals surface area contributed by atoms with Crippen LogP contribution in [0.5, 0.6) is 5.75 Å². The molecule has 1 rings (SSSR count). The van der Waals surface area contributed by atoms with Crippen LogP contribution in [0, 0.1) is 11.6 Å². The van der Waals surface area contributed by atoms with E-state index in [9.17, 15) is 13.6 Å². The Labute approximate surface area is 83.4 Å². The normalized spacial score (nSPS) is 12.5. The quantitative estimate of drug-likeness (QED) is 0.696. The molecule has 1 atom stereocenters. The number of aliphatic hydroxyl groups excluding tert-OH is 1. The number of carbonyl (C=O) groups is 1. The summed E-state index contributed by atoms with van der Waals surface area (Å²) in [4.78, 5) is 10.3. The fourth-order valence-electron chi connectivity index (χ4n) is 1.07. The van der Waals surface area contributed by atoms with Gasteiger partial charge in [-0.1, -0.05) is 0 Å². The van der Waals surface area contributed by atoms with Gasteiger partial charge in [0.1, 0.15) is 5.82 Å². The minimum atomic E-state index is -1.81. The minimum Gasteiger partial charge on any atom is -0.505 e. The summed E-state index contributed by atoms with van der Waals surface area (Å²) in [5.74, 6) is -4.52. The molecule has 0 fully saturated rings. The predicted octanol–water partition coefficient (Wildman–Crippen LogP) is 0.658. The third-order valence-corrected chi connectivity index (χ3v) is 1.81. The second kappa shape index (κ2) is 4.22. The summed E-state index contributed by atoms with van der Waals surface area (Å²) in [6.45, 7) is 0. The summed E-state index contributed by atoms with van der Waals surface area (Å²) < 4.78 is 25.5. The van der Waals surface area contributed by atoms with Gasteiger partial charge in [-0.2, -0.15) is 0 Å². The highest BCUT2D eigenvalue weighted by Gasteiger charge is 2.18. The first kappa shape index (κ1) is 11.4. The molecule has 4 nitrogen and oxygen atoms in total. The van der Waals surface area contributed by atoms with Crippen molar-refractivity contribution in [3.05, 3.63) is 29.3 Å². The van der Waals surface area contributed by atoms with Crippen LogP contribution in [0.4, 0.5) is 8.78 Å². The number of aliphatic carboxylic acids is 1. The van der Waals surface area contributed by atoms with E-state index in [0.717, 1.165) is 6.07 Å². The van der Waals surface area contributed by atoms with Crippen molar-refractivity contribution >= 4 is 5.97 Å². The van der Waals surface area contributed by atoms with Crippen LogP contribution < -0.4 is 0 Å². The molecule has 1 aromatic carbocycles. The first-order valence-corrected chi connectivity index (χ1v) is 3.99. The van der Waals surface area contributed by atoms with Crippen LogP contribution in [-0.4, -0.2) is 27.4 Å². The molecule has 6 heteroatoms. The van der Waals surface area contributed by atoms with Gasteiger partial charge >= 0.3 is 5.97 Å². The monoisotopic (exact) mass is 218 g/mol. The van der Waals surface area contributed by atoms with E-state index < -0.39 is 35.9 Å². The molecule has 15 heavy (non-hydrogen) atoms. The summed E-state index contributed by atoms with van der Waals surface area (Å²) >= 11 is 0. The lowest BCUT2D eigenvalue weighted by Gasteiger charge is -2.08. The van der Waals surface area contributed by atoms with Gasteiger partial charge in [-0.15, -0.1) is 0 Å². The molecule has 0 spiro atoms. The molecule has 0 heterocycles. The molecular formula is C9H8F2O4. The first-order chi connectivity index (χ1) is 6.91. The van der Waals surface area contributed by atoms with Gasteiger partial charge in [-0.3, -0.25) is 0 Å². The number of carboxylic acids is 1. The Morgan fingerprint density at radius 2 is 2.00 bits per heavy atom. The summed E-state index contributed by atoms with van der Waals surface area (Å²) in [6, 6.07) is 1.23. The largest absolute Gasteiger partial charge is 0.505 e. The Hall–Kier alpha value is -1.69. The molecule has 0 saturated carbocycles. The summed E-state index contributed by atoms with van der Waals surface area (Å²) in [7, 11) is 0. The zero-order valence-corrected chi connectivity index (χ0v) is 7.44. The molecule has 1 aromatic rings. The third-order valence-electron chi connectivity index (χ3n) is 1.81. The van der Waals surface area contributed by atoms with Crippen LogP contribution in [0.2, 0.25) is 0 Å². The summed E-state index contributed by atoms with van der Waals surface area (Å²) in [6.07, 6.45) is -2.37. The lowest BCUT2D eigenvalue weighted by molar-refractivity contribution is -0.146. The standard InChI is InChI=1S/C9H8F2O4/c10-5-1-4(2-7(12)9(14)15)8(13)6(11)3-5/h1,3,7,12-13H,2H2,(H,14,15).